The van der Waals surface area contributed by atoms with Gasteiger partial charge in [0.1, 0.15) is 0 Å². The topological polar surface area (TPSA) is 3.24 Å². The summed E-state index contributed by atoms with van der Waals surface area (Å²) in [4.78, 5) is 2.36. The molecule has 1 nitrogen and oxygen atoms in total. The smallest absolute Gasteiger partial charge is 0.0452 e. The molecule has 0 amide bonds. The van der Waals surface area contributed by atoms with E-state index in [1.54, 1.807) is 0 Å². The van der Waals surface area contributed by atoms with Gasteiger partial charge in [0, 0.05) is 16.6 Å². The zero-order valence-electron chi connectivity index (χ0n) is 7.26. The molecular weight excluding hydrogens is 205 g/mol. The lowest BCUT2D eigenvalue weighted by atomic mass is 10.1. The van der Waals surface area contributed by atoms with Gasteiger partial charge in [-0.15, -0.1) is 0 Å². The molecule has 0 spiro atoms. The Morgan fingerprint density at radius 3 is 2.62 bits per heavy atom. The van der Waals surface area contributed by atoms with Crippen LogP contribution in [0.3, 0.4) is 0 Å². The van der Waals surface area contributed by atoms with Gasteiger partial charge in [-0.3, -0.25) is 4.90 Å². The summed E-state index contributed by atoms with van der Waals surface area (Å²) in [6.45, 7) is 3.30. The van der Waals surface area contributed by atoms with Gasteiger partial charge in [-0.25, -0.2) is 0 Å². The Balaban J connectivity index is 2.13. The fourth-order valence-electron chi connectivity index (χ4n) is 1.45. The molecule has 1 saturated heterocycles. The Bertz CT molecular complexity index is 308. The fourth-order valence-corrected chi connectivity index (χ4v) is 1.82. The normalized spacial score (nSPS) is 17.1. The van der Waals surface area contributed by atoms with Crippen LogP contribution in [0.15, 0.2) is 18.2 Å². The largest absolute Gasteiger partial charge is 0.299 e. The van der Waals surface area contributed by atoms with E-state index in [4.69, 9.17) is 23.2 Å². The number of halogens is 2. The van der Waals surface area contributed by atoms with E-state index < -0.39 is 0 Å². The molecule has 1 heterocycles. The molecule has 13 heavy (non-hydrogen) atoms. The number of hydrogen-bond acceptors (Lipinski definition) is 1. The van der Waals surface area contributed by atoms with E-state index in [0.29, 0.717) is 0 Å². The quantitative estimate of drug-likeness (QED) is 0.733. The third-order valence-electron chi connectivity index (χ3n) is 2.35. The molecule has 1 fully saturated rings. The first-order chi connectivity index (χ1) is 6.25. The van der Waals surface area contributed by atoms with Gasteiger partial charge in [0.05, 0.1) is 0 Å². The molecule has 0 unspecified atom stereocenters. The molecule has 1 aliphatic rings. The Labute approximate surface area is 88.3 Å². The summed E-state index contributed by atoms with van der Waals surface area (Å²) in [6, 6.07) is 5.63. The van der Waals surface area contributed by atoms with Crippen LogP contribution in [0.2, 0.25) is 10.0 Å². The van der Waals surface area contributed by atoms with Crippen molar-refractivity contribution in [2.75, 3.05) is 13.1 Å². The lowest BCUT2D eigenvalue weighted by molar-refractivity contribution is 0.172. The summed E-state index contributed by atoms with van der Waals surface area (Å²) in [7, 11) is 0. The summed E-state index contributed by atoms with van der Waals surface area (Å²) < 4.78 is 0. The molecule has 0 N–H and O–H groups in total. The molecule has 0 bridgehead atoms. The van der Waals surface area contributed by atoms with Crippen LogP contribution >= 0.6 is 23.2 Å². The van der Waals surface area contributed by atoms with Crippen molar-refractivity contribution in [3.8, 4) is 0 Å². The predicted octanol–water partition coefficient (Wildman–Crippen LogP) is 3.20. The van der Waals surface area contributed by atoms with Gasteiger partial charge in [-0.05, 0) is 43.3 Å². The summed E-state index contributed by atoms with van der Waals surface area (Å²) in [5, 5.41) is 1.58. The molecule has 0 aliphatic carbocycles. The van der Waals surface area contributed by atoms with Gasteiger partial charge in [0.15, 0.2) is 0 Å². The van der Waals surface area contributed by atoms with E-state index in [1.165, 1.54) is 19.5 Å². The lowest BCUT2D eigenvalue weighted by Gasteiger charge is -2.30. The van der Waals surface area contributed by atoms with Crippen LogP contribution < -0.4 is 0 Å². The summed E-state index contributed by atoms with van der Waals surface area (Å²) in [6.07, 6.45) is 1.30. The number of nitrogens with zero attached hydrogens (tertiary/aromatic N) is 1. The monoisotopic (exact) mass is 215 g/mol. The minimum atomic E-state index is 0.764. The minimum Gasteiger partial charge on any atom is -0.299 e. The second kappa shape index (κ2) is 3.87. The van der Waals surface area contributed by atoms with Gasteiger partial charge in [0.2, 0.25) is 0 Å². The summed E-state index contributed by atoms with van der Waals surface area (Å²) in [5.74, 6) is 0. The molecule has 70 valence electrons. The van der Waals surface area contributed by atoms with E-state index in [1.807, 2.05) is 18.2 Å². The average molecular weight is 216 g/mol. The maximum Gasteiger partial charge on any atom is 0.0452 e. The second-order valence-corrected chi connectivity index (χ2v) is 4.21. The lowest BCUT2D eigenvalue weighted by Crippen LogP contribution is -2.36. The second-order valence-electron chi connectivity index (χ2n) is 3.37. The summed E-state index contributed by atoms with van der Waals surface area (Å²) in [5.41, 5.74) is 1.13. The van der Waals surface area contributed by atoms with Crippen molar-refractivity contribution in [2.45, 2.75) is 13.0 Å². The Hall–Kier alpha value is -0.240. The van der Waals surface area contributed by atoms with Crippen molar-refractivity contribution >= 4 is 23.2 Å². The first kappa shape index (κ1) is 9.32. The maximum atomic E-state index is 6.04. The highest BCUT2D eigenvalue weighted by molar-refractivity contribution is 6.33. The van der Waals surface area contributed by atoms with Crippen molar-refractivity contribution in [2.24, 2.45) is 0 Å². The number of likely N-dealkylation sites (tertiary alicyclic amines) is 1. The van der Waals surface area contributed by atoms with Crippen molar-refractivity contribution in [3.05, 3.63) is 33.8 Å². The van der Waals surface area contributed by atoms with Crippen LogP contribution in [-0.4, -0.2) is 18.0 Å². The predicted molar refractivity (Wildman–Crippen MR) is 56.4 cm³/mol. The molecule has 3 heteroatoms. The van der Waals surface area contributed by atoms with Crippen LogP contribution in [0.1, 0.15) is 12.0 Å². The van der Waals surface area contributed by atoms with Gasteiger partial charge < -0.3 is 0 Å². The van der Waals surface area contributed by atoms with Crippen LogP contribution in [0, 0.1) is 0 Å². The molecule has 0 saturated carbocycles. The third kappa shape index (κ3) is 2.16. The standard InChI is InChI=1S/C10H11Cl2N/c11-9-2-3-10(12)8(6-9)7-13-4-1-5-13/h2-3,6H,1,4-5,7H2. The van der Waals surface area contributed by atoms with E-state index in [2.05, 4.69) is 4.90 Å². The first-order valence-corrected chi connectivity index (χ1v) is 5.17. The van der Waals surface area contributed by atoms with Crippen molar-refractivity contribution in [1.82, 2.24) is 4.90 Å². The van der Waals surface area contributed by atoms with Gasteiger partial charge in [-0.1, -0.05) is 23.2 Å². The van der Waals surface area contributed by atoms with Gasteiger partial charge in [0.25, 0.3) is 0 Å². The highest BCUT2D eigenvalue weighted by atomic mass is 35.5. The number of hydrogen-bond donors (Lipinski definition) is 0. The zero-order valence-corrected chi connectivity index (χ0v) is 8.78. The highest BCUT2D eigenvalue weighted by Gasteiger charge is 2.15. The third-order valence-corrected chi connectivity index (χ3v) is 2.95. The van der Waals surface area contributed by atoms with Gasteiger partial charge in [-0.2, -0.15) is 0 Å². The summed E-state index contributed by atoms with van der Waals surface area (Å²) >= 11 is 11.9. The van der Waals surface area contributed by atoms with Crippen molar-refractivity contribution in [1.29, 1.82) is 0 Å². The highest BCUT2D eigenvalue weighted by Crippen LogP contribution is 2.23. The minimum absolute atomic E-state index is 0.764. The van der Waals surface area contributed by atoms with Crippen LogP contribution in [-0.2, 0) is 6.54 Å². The van der Waals surface area contributed by atoms with Crippen LogP contribution in [0.4, 0.5) is 0 Å². The van der Waals surface area contributed by atoms with Crippen molar-refractivity contribution in [3.63, 3.8) is 0 Å². The van der Waals surface area contributed by atoms with Gasteiger partial charge >= 0.3 is 0 Å². The first-order valence-electron chi connectivity index (χ1n) is 4.42. The Morgan fingerprint density at radius 1 is 1.23 bits per heavy atom. The Kier molecular flexibility index (Phi) is 2.77. The molecule has 0 atom stereocenters. The molecule has 1 aliphatic heterocycles. The van der Waals surface area contributed by atoms with E-state index in [-0.39, 0.29) is 0 Å². The van der Waals surface area contributed by atoms with Crippen LogP contribution in [0.25, 0.3) is 0 Å². The average Bonchev–Trinajstić information content (AvgIpc) is 2.03. The molecular formula is C10H11Cl2N. The molecule has 0 aromatic heterocycles. The molecule has 1 aromatic rings. The number of rotatable bonds is 2. The number of benzene rings is 1. The fraction of sp³-hybridized carbons (Fsp3) is 0.400. The maximum absolute atomic E-state index is 6.04. The molecule has 2 rings (SSSR count). The van der Waals surface area contributed by atoms with Crippen molar-refractivity contribution < 1.29 is 0 Å². The van der Waals surface area contributed by atoms with E-state index in [0.717, 1.165) is 22.2 Å². The van der Waals surface area contributed by atoms with E-state index in [9.17, 15) is 0 Å². The Morgan fingerprint density at radius 2 is 2.00 bits per heavy atom. The zero-order chi connectivity index (χ0) is 9.26. The molecule has 1 aromatic carbocycles. The SMILES string of the molecule is Clc1ccc(Cl)c(CN2CCC2)c1. The van der Waals surface area contributed by atoms with Crippen LogP contribution in [0.5, 0.6) is 0 Å². The van der Waals surface area contributed by atoms with E-state index >= 15 is 0 Å². The molecule has 0 radical (unpaired) electrons.